The molecule has 0 radical (unpaired) electrons. The molecule has 0 aliphatic heterocycles. The van der Waals surface area contributed by atoms with Crippen molar-refractivity contribution in [2.45, 2.75) is 51.2 Å². The van der Waals surface area contributed by atoms with Crippen molar-refractivity contribution in [1.82, 2.24) is 10.6 Å². The molecular weight excluding hydrogens is 304 g/mol. The first-order valence-electron chi connectivity index (χ1n) is 7.64. The molecule has 0 spiro atoms. The molecule has 0 aliphatic rings. The average Bonchev–Trinajstić information content (AvgIpc) is 2.48. The van der Waals surface area contributed by atoms with Crippen LogP contribution in [0, 0.1) is 5.92 Å². The number of aliphatic hydroxyl groups excluding tert-OH is 1. The molecule has 0 saturated heterocycles. The van der Waals surface area contributed by atoms with Gasteiger partial charge in [0.1, 0.15) is 12.1 Å². The first-order valence-corrected chi connectivity index (χ1v) is 7.64. The summed E-state index contributed by atoms with van der Waals surface area (Å²) >= 11 is 0. The van der Waals surface area contributed by atoms with Crippen LogP contribution in [0.4, 0.5) is 0 Å². The van der Waals surface area contributed by atoms with Gasteiger partial charge in [-0.25, -0.2) is 4.79 Å². The minimum Gasteiger partial charge on any atom is -0.480 e. The molecule has 0 fully saturated rings. The standard InChI is InChI=1S/C14H28N4O5/c1-8(2)11(14(22)23)18-13(21)10(7-19)17-12(20)9(16)5-3-4-6-15/h8-11,19H,3-7,15-16H2,1-2H3,(H,17,20)(H,18,21)(H,22,23)/t9-,10-,11-/m0/s1. The molecule has 0 aliphatic carbocycles. The SMILES string of the molecule is CC(C)[C@H](NC(=O)[C@H](CO)NC(=O)[C@@H](N)CCCCN)C(=O)O. The summed E-state index contributed by atoms with van der Waals surface area (Å²) in [4.78, 5) is 35.0. The quantitative estimate of drug-likeness (QED) is 0.241. The third kappa shape index (κ3) is 7.91. The number of nitrogens with one attached hydrogen (secondary N) is 2. The fourth-order valence-corrected chi connectivity index (χ4v) is 1.88. The lowest BCUT2D eigenvalue weighted by molar-refractivity contribution is -0.143. The van der Waals surface area contributed by atoms with E-state index in [9.17, 15) is 19.5 Å². The van der Waals surface area contributed by atoms with Gasteiger partial charge in [-0.1, -0.05) is 20.3 Å². The smallest absolute Gasteiger partial charge is 0.326 e. The van der Waals surface area contributed by atoms with Gasteiger partial charge in [0.2, 0.25) is 11.8 Å². The molecule has 2 amide bonds. The van der Waals surface area contributed by atoms with Crippen molar-refractivity contribution in [3.8, 4) is 0 Å². The Morgan fingerprint density at radius 2 is 1.70 bits per heavy atom. The fourth-order valence-electron chi connectivity index (χ4n) is 1.88. The molecule has 0 aromatic carbocycles. The van der Waals surface area contributed by atoms with Crippen LogP contribution < -0.4 is 22.1 Å². The second kappa shape index (κ2) is 10.9. The maximum Gasteiger partial charge on any atom is 0.326 e. The Bertz CT molecular complexity index is 403. The summed E-state index contributed by atoms with van der Waals surface area (Å²) in [5, 5.41) is 22.9. The van der Waals surface area contributed by atoms with Crippen molar-refractivity contribution >= 4 is 17.8 Å². The van der Waals surface area contributed by atoms with Gasteiger partial charge in [0.25, 0.3) is 0 Å². The molecule has 3 atom stereocenters. The average molecular weight is 332 g/mol. The minimum absolute atomic E-state index is 0.343. The molecular formula is C14H28N4O5. The molecule has 0 rings (SSSR count). The highest BCUT2D eigenvalue weighted by Crippen LogP contribution is 2.03. The maximum absolute atomic E-state index is 12.0. The third-order valence-corrected chi connectivity index (χ3v) is 3.35. The summed E-state index contributed by atoms with van der Waals surface area (Å²) in [6, 6.07) is -3.17. The number of carboxylic acids is 1. The first-order chi connectivity index (χ1) is 10.7. The summed E-state index contributed by atoms with van der Waals surface area (Å²) in [6.45, 7) is 3.12. The number of unbranched alkanes of at least 4 members (excludes halogenated alkanes) is 1. The highest BCUT2D eigenvalue weighted by atomic mass is 16.4. The van der Waals surface area contributed by atoms with Gasteiger partial charge in [-0.05, 0) is 25.3 Å². The van der Waals surface area contributed by atoms with Gasteiger partial charge in [-0.2, -0.15) is 0 Å². The van der Waals surface area contributed by atoms with Crippen molar-refractivity contribution in [2.75, 3.05) is 13.2 Å². The number of carboxylic acid groups (broad SMARTS) is 1. The predicted molar refractivity (Wildman–Crippen MR) is 84.3 cm³/mol. The van der Waals surface area contributed by atoms with E-state index in [1.54, 1.807) is 13.8 Å². The molecule has 0 aromatic rings. The van der Waals surface area contributed by atoms with Crippen LogP contribution in [0.2, 0.25) is 0 Å². The molecule has 0 aromatic heterocycles. The van der Waals surface area contributed by atoms with Crippen LogP contribution in [0.15, 0.2) is 0 Å². The third-order valence-electron chi connectivity index (χ3n) is 3.35. The summed E-state index contributed by atoms with van der Waals surface area (Å²) < 4.78 is 0. The Morgan fingerprint density at radius 1 is 1.09 bits per heavy atom. The van der Waals surface area contributed by atoms with Gasteiger partial charge in [-0.3, -0.25) is 9.59 Å². The number of nitrogens with two attached hydrogens (primary N) is 2. The number of hydrogen-bond acceptors (Lipinski definition) is 6. The van der Waals surface area contributed by atoms with E-state index in [-0.39, 0.29) is 5.92 Å². The van der Waals surface area contributed by atoms with E-state index in [2.05, 4.69) is 10.6 Å². The zero-order valence-electron chi connectivity index (χ0n) is 13.6. The van der Waals surface area contributed by atoms with Crippen LogP contribution in [-0.2, 0) is 14.4 Å². The van der Waals surface area contributed by atoms with Crippen molar-refractivity contribution < 1.29 is 24.6 Å². The van der Waals surface area contributed by atoms with E-state index in [1.165, 1.54) is 0 Å². The van der Waals surface area contributed by atoms with Crippen LogP contribution in [0.3, 0.4) is 0 Å². The lowest BCUT2D eigenvalue weighted by Gasteiger charge is -2.23. The van der Waals surface area contributed by atoms with Crippen LogP contribution in [0.5, 0.6) is 0 Å². The van der Waals surface area contributed by atoms with E-state index in [0.717, 1.165) is 6.42 Å². The Labute approximate surface area is 135 Å². The highest BCUT2D eigenvalue weighted by Gasteiger charge is 2.28. The van der Waals surface area contributed by atoms with E-state index in [0.29, 0.717) is 19.4 Å². The molecule has 0 heterocycles. The number of aliphatic carboxylic acids is 1. The Balaban J connectivity index is 4.60. The second-order valence-electron chi connectivity index (χ2n) is 5.70. The van der Waals surface area contributed by atoms with Crippen LogP contribution in [0.1, 0.15) is 33.1 Å². The van der Waals surface area contributed by atoms with Crippen LogP contribution in [-0.4, -0.2) is 59.3 Å². The van der Waals surface area contributed by atoms with Gasteiger partial charge in [0.05, 0.1) is 12.6 Å². The topological polar surface area (TPSA) is 168 Å². The summed E-state index contributed by atoms with van der Waals surface area (Å²) in [5.74, 6) is -2.87. The van der Waals surface area contributed by atoms with Gasteiger partial charge in [0.15, 0.2) is 0 Å². The zero-order chi connectivity index (χ0) is 18.0. The minimum atomic E-state index is -1.25. The number of amides is 2. The first kappa shape index (κ1) is 21.3. The second-order valence-corrected chi connectivity index (χ2v) is 5.70. The number of hydrogen-bond donors (Lipinski definition) is 6. The summed E-state index contributed by atoms with van der Waals surface area (Å²) in [7, 11) is 0. The van der Waals surface area contributed by atoms with Crippen molar-refractivity contribution in [1.29, 1.82) is 0 Å². The highest BCUT2D eigenvalue weighted by molar-refractivity contribution is 5.91. The molecule has 23 heavy (non-hydrogen) atoms. The zero-order valence-corrected chi connectivity index (χ0v) is 13.6. The molecule has 9 heteroatoms. The normalized spacial score (nSPS) is 14.9. The molecule has 0 bridgehead atoms. The van der Waals surface area contributed by atoms with Crippen molar-refractivity contribution in [3.63, 3.8) is 0 Å². The van der Waals surface area contributed by atoms with Gasteiger partial charge >= 0.3 is 5.97 Å². The molecule has 9 nitrogen and oxygen atoms in total. The van der Waals surface area contributed by atoms with E-state index < -0.39 is 42.5 Å². The Hall–Kier alpha value is -1.71. The largest absolute Gasteiger partial charge is 0.480 e. The Morgan fingerprint density at radius 3 is 2.13 bits per heavy atom. The van der Waals surface area contributed by atoms with Crippen LogP contribution in [0.25, 0.3) is 0 Å². The summed E-state index contributed by atoms with van der Waals surface area (Å²) in [6.07, 6.45) is 1.82. The number of aliphatic hydroxyl groups is 1. The van der Waals surface area contributed by atoms with Gasteiger partial charge in [-0.15, -0.1) is 0 Å². The van der Waals surface area contributed by atoms with Gasteiger partial charge in [0, 0.05) is 0 Å². The van der Waals surface area contributed by atoms with Crippen molar-refractivity contribution in [2.24, 2.45) is 17.4 Å². The van der Waals surface area contributed by atoms with Gasteiger partial charge < -0.3 is 32.3 Å². The van der Waals surface area contributed by atoms with Crippen molar-refractivity contribution in [3.05, 3.63) is 0 Å². The number of carbonyl (C=O) groups excluding carboxylic acids is 2. The van der Waals surface area contributed by atoms with E-state index >= 15 is 0 Å². The lowest BCUT2D eigenvalue weighted by atomic mass is 10.0. The molecule has 0 saturated carbocycles. The predicted octanol–water partition coefficient (Wildman–Crippen LogP) is -1.85. The molecule has 134 valence electrons. The molecule has 8 N–H and O–H groups in total. The number of carbonyl (C=O) groups is 3. The lowest BCUT2D eigenvalue weighted by Crippen LogP contribution is -2.56. The number of rotatable bonds is 11. The van der Waals surface area contributed by atoms with E-state index in [1.807, 2.05) is 0 Å². The monoisotopic (exact) mass is 332 g/mol. The Kier molecular flexibility index (Phi) is 10.1. The van der Waals surface area contributed by atoms with E-state index in [4.69, 9.17) is 16.6 Å². The maximum atomic E-state index is 12.0. The fraction of sp³-hybridized carbons (Fsp3) is 0.786. The molecule has 0 unspecified atom stereocenters. The summed E-state index contributed by atoms with van der Waals surface area (Å²) in [5.41, 5.74) is 11.1. The van der Waals surface area contributed by atoms with Crippen LogP contribution >= 0.6 is 0 Å².